The molecule has 0 aliphatic heterocycles. The van der Waals surface area contributed by atoms with Crippen molar-refractivity contribution in [2.24, 2.45) is 0 Å². The molecule has 8 heteroatoms. The fraction of sp³-hybridized carbons (Fsp3) is 0.217. The number of H-pyrrole nitrogens is 1. The molecule has 0 atom stereocenters. The monoisotopic (exact) mass is 421 g/mol. The van der Waals surface area contributed by atoms with E-state index in [2.05, 4.69) is 22.3 Å². The highest BCUT2D eigenvalue weighted by Crippen LogP contribution is 2.34. The predicted molar refractivity (Wildman–Crippen MR) is 125 cm³/mol. The van der Waals surface area contributed by atoms with Crippen LogP contribution in [0, 0.1) is 0 Å². The summed E-state index contributed by atoms with van der Waals surface area (Å²) in [5, 5.41) is 19.3. The smallest absolute Gasteiger partial charge is 0.291 e. The molecule has 2 aromatic carbocycles. The first-order chi connectivity index (χ1) is 14.8. The molecule has 0 fully saturated rings. The van der Waals surface area contributed by atoms with Crippen LogP contribution in [-0.2, 0) is 6.54 Å². The van der Waals surface area contributed by atoms with Crippen LogP contribution in [0.25, 0.3) is 5.70 Å². The van der Waals surface area contributed by atoms with Crippen LogP contribution in [0.3, 0.4) is 0 Å². The van der Waals surface area contributed by atoms with Crippen LogP contribution in [0.5, 0.6) is 5.75 Å². The van der Waals surface area contributed by atoms with Crippen LogP contribution in [0.2, 0.25) is 0 Å². The first kappa shape index (κ1) is 21.8. The topological polar surface area (TPSA) is 102 Å². The zero-order valence-electron chi connectivity index (χ0n) is 17.9. The van der Waals surface area contributed by atoms with Gasteiger partial charge in [0.1, 0.15) is 17.1 Å². The van der Waals surface area contributed by atoms with Gasteiger partial charge >= 0.3 is 0 Å². The highest BCUT2D eigenvalue weighted by molar-refractivity contribution is 5.80. The lowest BCUT2D eigenvalue weighted by atomic mass is 10.1. The molecule has 0 radical (unpaired) electrons. The molecule has 3 rings (SSSR count). The quantitative estimate of drug-likeness (QED) is 0.417. The number of aromatic hydroxyl groups is 1. The van der Waals surface area contributed by atoms with Gasteiger partial charge in [-0.25, -0.2) is 4.68 Å². The molecule has 162 valence electrons. The van der Waals surface area contributed by atoms with Crippen molar-refractivity contribution in [1.29, 1.82) is 0 Å². The Morgan fingerprint density at radius 3 is 2.45 bits per heavy atom. The zero-order valence-corrected chi connectivity index (χ0v) is 17.9. The Balaban J connectivity index is 2.10. The third-order valence-electron chi connectivity index (χ3n) is 4.86. The number of nitrogens with zero attached hydrogens (tertiary/aromatic N) is 2. The van der Waals surface area contributed by atoms with Crippen molar-refractivity contribution in [2.45, 2.75) is 13.5 Å². The Kier molecular flexibility index (Phi) is 6.49. The molecular weight excluding hydrogens is 394 g/mol. The van der Waals surface area contributed by atoms with Crippen LogP contribution < -0.4 is 21.8 Å². The number of aromatic amines is 1. The minimum absolute atomic E-state index is 0.0575. The maximum absolute atomic E-state index is 13.2. The van der Waals surface area contributed by atoms with Gasteiger partial charge in [-0.2, -0.15) is 0 Å². The van der Waals surface area contributed by atoms with E-state index in [-0.39, 0.29) is 23.7 Å². The van der Waals surface area contributed by atoms with Gasteiger partial charge in [-0.15, -0.1) is 0 Å². The SMILES string of the molecule is C=C(c1cccc(Nc2c(NCC)c(=O)[nH]n(Cc3ccccc3)c2=O)c1O)N(C)C. The van der Waals surface area contributed by atoms with Gasteiger partial charge in [0, 0.05) is 31.9 Å². The molecule has 0 saturated heterocycles. The van der Waals surface area contributed by atoms with E-state index in [9.17, 15) is 14.7 Å². The van der Waals surface area contributed by atoms with Crippen molar-refractivity contribution in [3.63, 3.8) is 0 Å². The Morgan fingerprint density at radius 1 is 1.10 bits per heavy atom. The number of hydrogen-bond acceptors (Lipinski definition) is 6. The van der Waals surface area contributed by atoms with Crippen molar-refractivity contribution in [2.75, 3.05) is 31.3 Å². The van der Waals surface area contributed by atoms with E-state index in [1.807, 2.05) is 51.4 Å². The van der Waals surface area contributed by atoms with Crippen LogP contribution in [0.4, 0.5) is 17.1 Å². The third-order valence-corrected chi connectivity index (χ3v) is 4.86. The second-order valence-electron chi connectivity index (χ2n) is 7.27. The van der Waals surface area contributed by atoms with Gasteiger partial charge in [0.05, 0.1) is 12.2 Å². The number of phenolic OH excluding ortho intramolecular Hbond substituents is 1. The number of benzene rings is 2. The van der Waals surface area contributed by atoms with Crippen molar-refractivity contribution in [1.82, 2.24) is 14.7 Å². The molecule has 0 aliphatic rings. The van der Waals surface area contributed by atoms with Crippen molar-refractivity contribution in [3.8, 4) is 5.75 Å². The number of aromatic nitrogens is 2. The summed E-state index contributed by atoms with van der Waals surface area (Å²) >= 11 is 0. The number of phenols is 1. The summed E-state index contributed by atoms with van der Waals surface area (Å²) in [6.07, 6.45) is 0. The molecule has 0 bridgehead atoms. The first-order valence-corrected chi connectivity index (χ1v) is 9.94. The lowest BCUT2D eigenvalue weighted by molar-refractivity contribution is 0.472. The van der Waals surface area contributed by atoms with Gasteiger partial charge in [0.15, 0.2) is 0 Å². The Morgan fingerprint density at radius 2 is 1.81 bits per heavy atom. The van der Waals surface area contributed by atoms with Gasteiger partial charge < -0.3 is 20.6 Å². The standard InChI is InChI=1S/C23H27N5O3/c1-5-24-19-20(25-18-13-9-12-17(21(18)29)15(2)27(3)4)23(31)28(26-22(19)30)14-16-10-7-6-8-11-16/h6-13,24-25,29H,2,5,14H2,1,3-4H3,(H,26,30). The van der Waals surface area contributed by atoms with E-state index in [1.54, 1.807) is 23.1 Å². The van der Waals surface area contributed by atoms with E-state index in [1.165, 1.54) is 4.68 Å². The molecular formula is C23H27N5O3. The molecule has 1 aromatic heterocycles. The molecule has 0 aliphatic carbocycles. The third kappa shape index (κ3) is 4.63. The van der Waals surface area contributed by atoms with Crippen molar-refractivity contribution < 1.29 is 5.11 Å². The molecule has 0 spiro atoms. The van der Waals surface area contributed by atoms with E-state index >= 15 is 0 Å². The number of hydrogen-bond donors (Lipinski definition) is 4. The first-order valence-electron chi connectivity index (χ1n) is 9.94. The summed E-state index contributed by atoms with van der Waals surface area (Å²) in [6.45, 7) is 6.46. The van der Waals surface area contributed by atoms with E-state index in [0.717, 1.165) is 5.56 Å². The van der Waals surface area contributed by atoms with Crippen molar-refractivity contribution in [3.05, 3.63) is 86.9 Å². The highest BCUT2D eigenvalue weighted by atomic mass is 16.3. The van der Waals surface area contributed by atoms with E-state index < -0.39 is 11.1 Å². The number of anilines is 3. The molecule has 3 aromatic rings. The van der Waals surface area contributed by atoms with E-state index in [0.29, 0.717) is 23.5 Å². The average Bonchev–Trinajstić information content (AvgIpc) is 2.75. The summed E-state index contributed by atoms with van der Waals surface area (Å²) < 4.78 is 1.25. The Labute approximate surface area is 180 Å². The maximum Gasteiger partial charge on any atom is 0.291 e. The molecule has 1 heterocycles. The fourth-order valence-corrected chi connectivity index (χ4v) is 3.18. The zero-order chi connectivity index (χ0) is 22.5. The van der Waals surface area contributed by atoms with Crippen molar-refractivity contribution >= 4 is 22.8 Å². The van der Waals surface area contributed by atoms with Gasteiger partial charge in [0.2, 0.25) is 0 Å². The molecule has 0 amide bonds. The fourth-order valence-electron chi connectivity index (χ4n) is 3.18. The molecule has 31 heavy (non-hydrogen) atoms. The summed E-state index contributed by atoms with van der Waals surface area (Å²) in [5.41, 5.74) is 1.62. The van der Waals surface area contributed by atoms with Crippen LogP contribution in [0.1, 0.15) is 18.1 Å². The number of nitrogens with one attached hydrogen (secondary N) is 3. The minimum atomic E-state index is -0.437. The van der Waals surface area contributed by atoms with Gasteiger partial charge in [-0.05, 0) is 24.6 Å². The predicted octanol–water partition coefficient (Wildman–Crippen LogP) is 3.00. The molecule has 0 saturated carbocycles. The number of rotatable bonds is 8. The summed E-state index contributed by atoms with van der Waals surface area (Å²) in [6, 6.07) is 14.5. The number of para-hydroxylation sites is 1. The largest absolute Gasteiger partial charge is 0.505 e. The lowest BCUT2D eigenvalue weighted by Gasteiger charge is -2.19. The molecule has 0 unspecified atom stereocenters. The minimum Gasteiger partial charge on any atom is -0.505 e. The summed E-state index contributed by atoms with van der Waals surface area (Å²) in [7, 11) is 3.65. The van der Waals surface area contributed by atoms with Gasteiger partial charge in [-0.1, -0.05) is 43.0 Å². The Bertz CT molecular complexity index is 1200. The summed E-state index contributed by atoms with van der Waals surface area (Å²) in [4.78, 5) is 27.8. The van der Waals surface area contributed by atoms with E-state index in [4.69, 9.17) is 0 Å². The lowest BCUT2D eigenvalue weighted by Crippen LogP contribution is -2.34. The van der Waals surface area contributed by atoms with Gasteiger partial charge in [0.25, 0.3) is 11.1 Å². The normalized spacial score (nSPS) is 10.5. The maximum atomic E-state index is 13.2. The Hall–Kier alpha value is -3.94. The highest BCUT2D eigenvalue weighted by Gasteiger charge is 2.18. The summed E-state index contributed by atoms with van der Waals surface area (Å²) in [5.74, 6) is -0.0575. The molecule has 4 N–H and O–H groups in total. The second-order valence-corrected chi connectivity index (χ2v) is 7.27. The van der Waals surface area contributed by atoms with Crippen LogP contribution >= 0.6 is 0 Å². The van der Waals surface area contributed by atoms with Crippen LogP contribution in [0.15, 0.2) is 64.7 Å². The average molecular weight is 422 g/mol. The molecule has 8 nitrogen and oxygen atoms in total. The van der Waals surface area contributed by atoms with Crippen LogP contribution in [-0.4, -0.2) is 40.4 Å². The second kappa shape index (κ2) is 9.25. The van der Waals surface area contributed by atoms with Gasteiger partial charge in [-0.3, -0.25) is 14.7 Å².